The summed E-state index contributed by atoms with van der Waals surface area (Å²) in [6, 6.07) is 8.25. The molecule has 1 aromatic carbocycles. The summed E-state index contributed by atoms with van der Waals surface area (Å²) in [5.74, 6) is -0.931. The second kappa shape index (κ2) is 6.91. The van der Waals surface area contributed by atoms with E-state index in [1.165, 1.54) is 0 Å². The van der Waals surface area contributed by atoms with Gasteiger partial charge in [-0.05, 0) is 12.5 Å². The Balaban J connectivity index is 2.71. The van der Waals surface area contributed by atoms with E-state index in [-0.39, 0.29) is 0 Å². The first kappa shape index (κ1) is 17.5. The van der Waals surface area contributed by atoms with Crippen molar-refractivity contribution in [2.45, 2.75) is 37.6 Å². The van der Waals surface area contributed by atoms with Crippen LogP contribution in [0.25, 0.3) is 0 Å². The van der Waals surface area contributed by atoms with E-state index in [1.807, 2.05) is 0 Å². The lowest BCUT2D eigenvalue weighted by Crippen LogP contribution is -2.49. The van der Waals surface area contributed by atoms with Crippen LogP contribution in [0.2, 0.25) is 0 Å². The highest BCUT2D eigenvalue weighted by Gasteiger charge is 2.54. The fraction of sp³-hybridized carbons (Fsp3) is 0.500. The Kier molecular flexibility index (Phi) is 5.74. The second-order valence-electron chi connectivity index (χ2n) is 4.88. The van der Waals surface area contributed by atoms with Crippen molar-refractivity contribution in [3.63, 3.8) is 0 Å². The highest BCUT2D eigenvalue weighted by atomic mass is 19.4. The summed E-state index contributed by atoms with van der Waals surface area (Å²) in [6.45, 7) is 0.767. The number of rotatable bonds is 6. The first-order valence-corrected chi connectivity index (χ1v) is 6.44. The third-order valence-corrected chi connectivity index (χ3v) is 3.18. The molecule has 0 heterocycles. The van der Waals surface area contributed by atoms with Crippen molar-refractivity contribution < 1.29 is 28.2 Å². The van der Waals surface area contributed by atoms with Crippen molar-refractivity contribution >= 4 is 5.91 Å². The van der Waals surface area contributed by atoms with E-state index in [0.29, 0.717) is 0 Å². The Hall–Kier alpha value is -1.60. The molecule has 3 N–H and O–H groups in total. The number of aliphatic hydroxyl groups excluding tert-OH is 1. The highest BCUT2D eigenvalue weighted by molar-refractivity contribution is 5.77. The van der Waals surface area contributed by atoms with Gasteiger partial charge in [0.1, 0.15) is 0 Å². The quantitative estimate of drug-likeness (QED) is 0.752. The Morgan fingerprint density at radius 3 is 2.33 bits per heavy atom. The van der Waals surface area contributed by atoms with Crippen molar-refractivity contribution in [2.75, 3.05) is 6.61 Å². The van der Waals surface area contributed by atoms with Crippen molar-refractivity contribution in [1.82, 2.24) is 5.32 Å². The number of hydrogen-bond donors (Lipinski definition) is 3. The lowest BCUT2D eigenvalue weighted by Gasteiger charge is -2.29. The minimum Gasteiger partial charge on any atom is -0.396 e. The van der Waals surface area contributed by atoms with Crippen LogP contribution in [0.1, 0.15) is 31.4 Å². The van der Waals surface area contributed by atoms with E-state index >= 15 is 0 Å². The molecule has 0 unspecified atom stereocenters. The fourth-order valence-corrected chi connectivity index (χ4v) is 1.90. The molecule has 0 spiro atoms. The summed E-state index contributed by atoms with van der Waals surface area (Å²) in [6.07, 6.45) is -7.07. The van der Waals surface area contributed by atoms with Gasteiger partial charge in [0.25, 0.3) is 0 Å². The maximum atomic E-state index is 12.8. The Morgan fingerprint density at radius 1 is 1.29 bits per heavy atom. The van der Waals surface area contributed by atoms with Crippen molar-refractivity contribution in [3.8, 4) is 0 Å². The molecule has 0 fully saturated rings. The van der Waals surface area contributed by atoms with Gasteiger partial charge in [0.2, 0.25) is 5.91 Å². The zero-order chi connectivity index (χ0) is 16.1. The molecule has 0 aliphatic carbocycles. The lowest BCUT2D eigenvalue weighted by atomic mass is 9.94. The summed E-state index contributed by atoms with van der Waals surface area (Å²) in [5.41, 5.74) is -2.48. The number of hydrogen-bond acceptors (Lipinski definition) is 3. The van der Waals surface area contributed by atoms with Gasteiger partial charge in [-0.2, -0.15) is 13.2 Å². The molecule has 118 valence electrons. The molecule has 0 saturated carbocycles. The van der Waals surface area contributed by atoms with Crippen LogP contribution < -0.4 is 5.32 Å². The average molecular weight is 305 g/mol. The first-order valence-electron chi connectivity index (χ1n) is 6.44. The van der Waals surface area contributed by atoms with Crippen LogP contribution in [0.15, 0.2) is 30.3 Å². The summed E-state index contributed by atoms with van der Waals surface area (Å²) in [7, 11) is 0. The standard InChI is InChI=1S/C14H18F3NO3/c1-10(11-5-3-2-4-6-11)18-12(20)9-13(21,7-8-19)14(15,16)17/h2-6,10,19,21H,7-9H2,1H3,(H,18,20)/t10-,13+/m0/s1. The van der Waals surface area contributed by atoms with Crippen molar-refractivity contribution in [1.29, 1.82) is 0 Å². The smallest absolute Gasteiger partial charge is 0.396 e. The molecular weight excluding hydrogens is 287 g/mol. The molecule has 0 saturated heterocycles. The normalized spacial score (nSPS) is 16.1. The lowest BCUT2D eigenvalue weighted by molar-refractivity contribution is -0.265. The Labute approximate surface area is 120 Å². The summed E-state index contributed by atoms with van der Waals surface area (Å²) >= 11 is 0. The van der Waals surface area contributed by atoms with E-state index in [9.17, 15) is 23.1 Å². The maximum absolute atomic E-state index is 12.8. The average Bonchev–Trinajstić information content (AvgIpc) is 2.38. The van der Waals surface area contributed by atoms with Crippen LogP contribution in [0.4, 0.5) is 13.2 Å². The van der Waals surface area contributed by atoms with Gasteiger partial charge < -0.3 is 15.5 Å². The van der Waals surface area contributed by atoms with Gasteiger partial charge in [0, 0.05) is 13.0 Å². The van der Waals surface area contributed by atoms with E-state index < -0.39 is 43.2 Å². The van der Waals surface area contributed by atoms with E-state index in [2.05, 4.69) is 5.32 Å². The van der Waals surface area contributed by atoms with Gasteiger partial charge in [0.05, 0.1) is 12.5 Å². The van der Waals surface area contributed by atoms with Crippen LogP contribution in [0, 0.1) is 0 Å². The number of alkyl halides is 3. The minimum atomic E-state index is -4.98. The van der Waals surface area contributed by atoms with Crippen molar-refractivity contribution in [3.05, 3.63) is 35.9 Å². The van der Waals surface area contributed by atoms with E-state index in [4.69, 9.17) is 5.11 Å². The molecular formula is C14H18F3NO3. The van der Waals surface area contributed by atoms with E-state index in [1.54, 1.807) is 37.3 Å². The van der Waals surface area contributed by atoms with Crippen molar-refractivity contribution in [2.24, 2.45) is 0 Å². The van der Waals surface area contributed by atoms with Gasteiger partial charge in [-0.25, -0.2) is 0 Å². The highest BCUT2D eigenvalue weighted by Crippen LogP contribution is 2.35. The monoisotopic (exact) mass is 305 g/mol. The molecule has 0 aromatic heterocycles. The molecule has 1 rings (SSSR count). The van der Waals surface area contributed by atoms with Crippen LogP contribution in [0.5, 0.6) is 0 Å². The second-order valence-corrected chi connectivity index (χ2v) is 4.88. The fourth-order valence-electron chi connectivity index (χ4n) is 1.90. The number of benzene rings is 1. The molecule has 1 amide bonds. The number of halogens is 3. The molecule has 21 heavy (non-hydrogen) atoms. The molecule has 0 bridgehead atoms. The van der Waals surface area contributed by atoms with Gasteiger partial charge in [-0.1, -0.05) is 30.3 Å². The third kappa shape index (κ3) is 4.71. The zero-order valence-electron chi connectivity index (χ0n) is 11.5. The van der Waals surface area contributed by atoms with Gasteiger partial charge >= 0.3 is 6.18 Å². The number of carbonyl (C=O) groups excluding carboxylic acids is 1. The third-order valence-electron chi connectivity index (χ3n) is 3.18. The van der Waals surface area contributed by atoms with Crippen LogP contribution >= 0.6 is 0 Å². The first-order chi connectivity index (χ1) is 9.69. The Morgan fingerprint density at radius 2 is 1.86 bits per heavy atom. The largest absolute Gasteiger partial charge is 0.417 e. The molecule has 0 aliphatic rings. The van der Waals surface area contributed by atoms with E-state index in [0.717, 1.165) is 5.56 Å². The number of nitrogens with one attached hydrogen (secondary N) is 1. The SMILES string of the molecule is C[C@H](NC(=O)C[C@](O)(CCO)C(F)(F)F)c1ccccc1. The van der Waals surface area contributed by atoms with Gasteiger partial charge in [0.15, 0.2) is 5.60 Å². The van der Waals surface area contributed by atoms with Gasteiger partial charge in [-0.15, -0.1) is 0 Å². The molecule has 1 aromatic rings. The Bertz CT molecular complexity index is 464. The van der Waals surface area contributed by atoms with Gasteiger partial charge in [-0.3, -0.25) is 4.79 Å². The molecule has 2 atom stereocenters. The maximum Gasteiger partial charge on any atom is 0.417 e. The topological polar surface area (TPSA) is 69.6 Å². The number of carbonyl (C=O) groups is 1. The zero-order valence-corrected chi connectivity index (χ0v) is 11.5. The molecule has 4 nitrogen and oxygen atoms in total. The summed E-state index contributed by atoms with van der Waals surface area (Å²) in [4.78, 5) is 11.7. The molecule has 0 aliphatic heterocycles. The van der Waals surface area contributed by atoms with Crippen LogP contribution in [-0.2, 0) is 4.79 Å². The number of aliphatic hydroxyl groups is 2. The molecule has 7 heteroatoms. The summed E-state index contributed by atoms with van der Waals surface area (Å²) < 4.78 is 38.3. The molecule has 0 radical (unpaired) electrons. The minimum absolute atomic E-state index is 0.481. The predicted molar refractivity (Wildman–Crippen MR) is 70.3 cm³/mol. The number of amides is 1. The summed E-state index contributed by atoms with van der Waals surface area (Å²) in [5, 5.41) is 20.6. The van der Waals surface area contributed by atoms with Crippen LogP contribution in [0.3, 0.4) is 0 Å². The van der Waals surface area contributed by atoms with Crippen LogP contribution in [-0.4, -0.2) is 34.5 Å². The predicted octanol–water partition coefficient (Wildman–Crippen LogP) is 1.93.